The van der Waals surface area contributed by atoms with Gasteiger partial charge in [-0.15, -0.1) is 0 Å². The Balaban J connectivity index is 1.85. The molecule has 0 saturated carbocycles. The van der Waals surface area contributed by atoms with Crippen molar-refractivity contribution in [1.82, 2.24) is 10.6 Å². The average molecular weight is 508 g/mol. The van der Waals surface area contributed by atoms with Crippen molar-refractivity contribution in [3.63, 3.8) is 0 Å². The average Bonchev–Trinajstić information content (AvgIpc) is 2.77. The van der Waals surface area contributed by atoms with E-state index in [0.29, 0.717) is 30.8 Å². The van der Waals surface area contributed by atoms with E-state index in [1.807, 2.05) is 0 Å². The molecule has 192 valence electrons. The smallest absolute Gasteiger partial charge is 0.352 e. The lowest BCUT2D eigenvalue weighted by atomic mass is 9.64. The first-order chi connectivity index (χ1) is 16.1. The fourth-order valence-corrected chi connectivity index (χ4v) is 4.42. The van der Waals surface area contributed by atoms with Gasteiger partial charge in [0.25, 0.3) is 0 Å². The predicted octanol–water partition coefficient (Wildman–Crippen LogP) is 5.92. The van der Waals surface area contributed by atoms with Crippen LogP contribution in [-0.4, -0.2) is 24.7 Å². The van der Waals surface area contributed by atoms with E-state index in [9.17, 15) is 35.5 Å². The number of nitrogens with one attached hydrogen (secondary N) is 2. The predicted molar refractivity (Wildman–Crippen MR) is 113 cm³/mol. The number of hydrogen-bond donors (Lipinski definition) is 2. The third kappa shape index (κ3) is 6.12. The van der Waals surface area contributed by atoms with Crippen LogP contribution in [0.5, 0.6) is 0 Å². The number of hydrogen-bond acceptors (Lipinski definition) is 2. The molecule has 11 heteroatoms. The summed E-state index contributed by atoms with van der Waals surface area (Å²) in [5.74, 6) is -1.32. The van der Waals surface area contributed by atoms with Crippen LogP contribution in [0.1, 0.15) is 48.4 Å². The molecule has 1 aliphatic rings. The van der Waals surface area contributed by atoms with Crippen molar-refractivity contribution >= 4 is 5.91 Å². The number of amides is 1. The Morgan fingerprint density at radius 1 is 0.914 bits per heavy atom. The molecule has 35 heavy (non-hydrogen) atoms. The number of alkyl halides is 7. The minimum absolute atomic E-state index is 0.000884. The molecular formula is C24H24F8N2O. The van der Waals surface area contributed by atoms with E-state index >= 15 is 4.39 Å². The summed E-state index contributed by atoms with van der Waals surface area (Å²) in [4.78, 5) is 12.8. The van der Waals surface area contributed by atoms with Crippen LogP contribution < -0.4 is 10.6 Å². The lowest BCUT2D eigenvalue weighted by Gasteiger charge is -2.45. The van der Waals surface area contributed by atoms with E-state index in [4.69, 9.17) is 0 Å². The first-order valence-corrected chi connectivity index (χ1v) is 10.8. The highest BCUT2D eigenvalue weighted by Gasteiger charge is 2.51. The maximum Gasteiger partial charge on any atom is 0.416 e. The van der Waals surface area contributed by atoms with Crippen LogP contribution in [0.15, 0.2) is 42.5 Å². The summed E-state index contributed by atoms with van der Waals surface area (Å²) >= 11 is 0. The molecule has 2 N–H and O–H groups in total. The van der Waals surface area contributed by atoms with Gasteiger partial charge in [-0.3, -0.25) is 4.79 Å². The second kappa shape index (κ2) is 9.75. The topological polar surface area (TPSA) is 41.1 Å². The largest absolute Gasteiger partial charge is 0.416 e. The van der Waals surface area contributed by atoms with Gasteiger partial charge in [0.05, 0.1) is 11.1 Å². The molecule has 1 aliphatic heterocycles. The standard InChI is InChI=1S/C24H24F8N2O/c1-21(16-2-4-19(25)5-3-16,22(26)6-8-33-9-7-22)13-20(35)34-14-15-10-17(23(27,28)29)12-18(11-15)24(30,31)32/h2-5,10-12,33H,6-9,13-14H2,1H3,(H,34,35). The number of piperidine rings is 1. The molecule has 0 aliphatic carbocycles. The van der Waals surface area contributed by atoms with Gasteiger partial charge in [-0.25, -0.2) is 8.78 Å². The van der Waals surface area contributed by atoms with Crippen LogP contribution in [0.2, 0.25) is 0 Å². The minimum atomic E-state index is -5.02. The Labute approximate surface area is 196 Å². The van der Waals surface area contributed by atoms with Gasteiger partial charge in [0.1, 0.15) is 11.5 Å². The highest BCUT2D eigenvalue weighted by atomic mass is 19.4. The van der Waals surface area contributed by atoms with Gasteiger partial charge >= 0.3 is 12.4 Å². The van der Waals surface area contributed by atoms with E-state index in [-0.39, 0.29) is 18.9 Å². The third-order valence-corrected chi connectivity index (χ3v) is 6.52. The summed E-state index contributed by atoms with van der Waals surface area (Å²) in [6, 6.07) is 6.06. The molecule has 1 heterocycles. The van der Waals surface area contributed by atoms with E-state index < -0.39 is 64.8 Å². The van der Waals surface area contributed by atoms with Crippen molar-refractivity contribution in [1.29, 1.82) is 0 Å². The van der Waals surface area contributed by atoms with Crippen molar-refractivity contribution < 1.29 is 39.9 Å². The molecule has 2 aromatic rings. The third-order valence-electron chi connectivity index (χ3n) is 6.52. The van der Waals surface area contributed by atoms with Crippen molar-refractivity contribution in [2.75, 3.05) is 13.1 Å². The first kappa shape index (κ1) is 26.9. The van der Waals surface area contributed by atoms with Gasteiger partial charge in [-0.2, -0.15) is 26.3 Å². The Kier molecular flexibility index (Phi) is 7.50. The van der Waals surface area contributed by atoms with Crippen molar-refractivity contribution in [3.05, 3.63) is 70.5 Å². The lowest BCUT2D eigenvalue weighted by molar-refractivity contribution is -0.143. The van der Waals surface area contributed by atoms with Crippen LogP contribution in [0.4, 0.5) is 35.1 Å². The molecule has 0 radical (unpaired) electrons. The summed E-state index contributed by atoms with van der Waals surface area (Å²) in [5, 5.41) is 5.34. The molecule has 3 nitrogen and oxygen atoms in total. The molecule has 3 rings (SSSR count). The van der Waals surface area contributed by atoms with Crippen LogP contribution in [0.3, 0.4) is 0 Å². The van der Waals surface area contributed by atoms with Crippen molar-refractivity contribution in [2.24, 2.45) is 0 Å². The first-order valence-electron chi connectivity index (χ1n) is 10.8. The molecule has 2 aromatic carbocycles. The molecule has 1 atom stereocenters. The second-order valence-electron chi connectivity index (χ2n) is 8.92. The maximum atomic E-state index is 16.1. The number of carbonyl (C=O) groups excluding carboxylic acids is 1. The number of halogens is 8. The van der Waals surface area contributed by atoms with Crippen LogP contribution >= 0.6 is 0 Å². The highest BCUT2D eigenvalue weighted by molar-refractivity contribution is 5.78. The zero-order chi connectivity index (χ0) is 26.1. The molecule has 1 amide bonds. The second-order valence-corrected chi connectivity index (χ2v) is 8.92. The fraction of sp³-hybridized carbons (Fsp3) is 0.458. The van der Waals surface area contributed by atoms with Gasteiger partial charge in [0.2, 0.25) is 5.91 Å². The van der Waals surface area contributed by atoms with Gasteiger partial charge < -0.3 is 10.6 Å². The SMILES string of the molecule is CC(CC(=O)NCc1cc(C(F)(F)F)cc(C(F)(F)F)c1)(c1ccc(F)cc1)C1(F)CCNCC1. The molecule has 1 fully saturated rings. The Morgan fingerprint density at radius 2 is 1.43 bits per heavy atom. The van der Waals surface area contributed by atoms with Gasteiger partial charge in [0.15, 0.2) is 0 Å². The van der Waals surface area contributed by atoms with Gasteiger partial charge in [0, 0.05) is 18.4 Å². The van der Waals surface area contributed by atoms with Crippen molar-refractivity contribution in [2.45, 2.75) is 56.2 Å². The van der Waals surface area contributed by atoms with E-state index in [2.05, 4.69) is 10.6 Å². The molecular weight excluding hydrogens is 484 g/mol. The summed E-state index contributed by atoms with van der Waals surface area (Å²) < 4.78 is 108. The zero-order valence-electron chi connectivity index (χ0n) is 18.7. The molecule has 1 unspecified atom stereocenters. The minimum Gasteiger partial charge on any atom is -0.352 e. The summed E-state index contributed by atoms with van der Waals surface area (Å²) in [6.45, 7) is 1.59. The lowest BCUT2D eigenvalue weighted by Crippen LogP contribution is -2.54. The summed E-state index contributed by atoms with van der Waals surface area (Å²) in [6.07, 6.45) is -10.3. The fourth-order valence-electron chi connectivity index (χ4n) is 4.42. The Hall–Kier alpha value is -2.69. The van der Waals surface area contributed by atoms with E-state index in [0.717, 1.165) is 12.1 Å². The van der Waals surface area contributed by atoms with Gasteiger partial charge in [-0.05, 0) is 67.4 Å². The Bertz CT molecular complexity index is 1010. The highest BCUT2D eigenvalue weighted by Crippen LogP contribution is 2.46. The molecule has 0 spiro atoms. The van der Waals surface area contributed by atoms with Gasteiger partial charge in [-0.1, -0.05) is 19.1 Å². The van der Waals surface area contributed by atoms with Crippen molar-refractivity contribution in [3.8, 4) is 0 Å². The molecule has 0 aromatic heterocycles. The molecule has 1 saturated heterocycles. The number of benzene rings is 2. The monoisotopic (exact) mass is 508 g/mol. The van der Waals surface area contributed by atoms with Crippen LogP contribution in [0, 0.1) is 5.82 Å². The number of carbonyl (C=O) groups is 1. The van der Waals surface area contributed by atoms with Crippen LogP contribution in [0.25, 0.3) is 0 Å². The maximum absolute atomic E-state index is 16.1. The normalized spacial score (nSPS) is 18.1. The zero-order valence-corrected chi connectivity index (χ0v) is 18.7. The molecule has 0 bridgehead atoms. The van der Waals surface area contributed by atoms with Crippen LogP contribution in [-0.2, 0) is 29.1 Å². The number of rotatable bonds is 6. The Morgan fingerprint density at radius 3 is 1.91 bits per heavy atom. The quantitative estimate of drug-likeness (QED) is 0.476. The summed E-state index contributed by atoms with van der Waals surface area (Å²) in [7, 11) is 0. The summed E-state index contributed by atoms with van der Waals surface area (Å²) in [5.41, 5.74) is -6.31. The van der Waals surface area contributed by atoms with E-state index in [1.54, 1.807) is 0 Å². The van der Waals surface area contributed by atoms with E-state index in [1.165, 1.54) is 19.1 Å².